The molecule has 60 valence electrons. The zero-order valence-electron chi connectivity index (χ0n) is 6.21. The van der Waals surface area contributed by atoms with Crippen LogP contribution in [0.15, 0.2) is 0 Å². The summed E-state index contributed by atoms with van der Waals surface area (Å²) in [5, 5.41) is 10.2. The fourth-order valence-electron chi connectivity index (χ4n) is 1.15. The number of amides is 1. The Labute approximate surface area is 65.4 Å². The van der Waals surface area contributed by atoms with E-state index in [9.17, 15) is 4.79 Å². The molecule has 4 heteroatoms. The lowest BCUT2D eigenvalue weighted by molar-refractivity contribution is -0.123. The standard InChI is InChI=1S/C7H11N3O/c8-4-10-7(11)6(9)5-2-1-3-5/h5-6H,1-3,9H2,(H,10,11). The molecule has 4 nitrogen and oxygen atoms in total. The van der Waals surface area contributed by atoms with Crippen LogP contribution in [0.3, 0.4) is 0 Å². The van der Waals surface area contributed by atoms with Crippen LogP contribution in [0.5, 0.6) is 0 Å². The number of hydrogen-bond donors (Lipinski definition) is 2. The van der Waals surface area contributed by atoms with Crippen LogP contribution in [0.2, 0.25) is 0 Å². The van der Waals surface area contributed by atoms with Crippen molar-refractivity contribution in [1.82, 2.24) is 5.32 Å². The Hall–Kier alpha value is -1.08. The van der Waals surface area contributed by atoms with E-state index in [4.69, 9.17) is 11.0 Å². The monoisotopic (exact) mass is 153 g/mol. The Kier molecular flexibility index (Phi) is 2.44. The van der Waals surface area contributed by atoms with Gasteiger partial charge < -0.3 is 5.73 Å². The van der Waals surface area contributed by atoms with E-state index in [1.54, 1.807) is 6.19 Å². The molecule has 0 aromatic carbocycles. The van der Waals surface area contributed by atoms with Gasteiger partial charge in [0.15, 0.2) is 6.19 Å². The second kappa shape index (κ2) is 3.35. The number of nitrogens with zero attached hydrogens (tertiary/aromatic N) is 1. The van der Waals surface area contributed by atoms with E-state index in [1.807, 2.05) is 5.32 Å². The maximum absolute atomic E-state index is 10.9. The molecular weight excluding hydrogens is 142 g/mol. The topological polar surface area (TPSA) is 78.9 Å². The first kappa shape index (κ1) is 8.02. The van der Waals surface area contributed by atoms with Crippen LogP contribution >= 0.6 is 0 Å². The molecule has 1 rings (SSSR count). The molecular formula is C7H11N3O. The molecule has 0 aromatic rings. The normalized spacial score (nSPS) is 19.6. The Morgan fingerprint density at radius 1 is 1.73 bits per heavy atom. The van der Waals surface area contributed by atoms with Gasteiger partial charge in [-0.25, -0.2) is 0 Å². The SMILES string of the molecule is N#CNC(=O)C(N)C1CCC1. The minimum Gasteiger partial charge on any atom is -0.320 e. The molecule has 0 heterocycles. The lowest BCUT2D eigenvalue weighted by atomic mass is 9.80. The third kappa shape index (κ3) is 1.69. The summed E-state index contributed by atoms with van der Waals surface area (Å²) in [6.45, 7) is 0. The molecule has 1 aliphatic rings. The second-order valence-electron chi connectivity index (χ2n) is 2.82. The van der Waals surface area contributed by atoms with Gasteiger partial charge in [0.2, 0.25) is 5.91 Å². The Morgan fingerprint density at radius 3 is 2.73 bits per heavy atom. The lowest BCUT2D eigenvalue weighted by Crippen LogP contribution is -2.46. The van der Waals surface area contributed by atoms with E-state index in [0.717, 1.165) is 19.3 Å². The number of nitrogens with one attached hydrogen (secondary N) is 1. The van der Waals surface area contributed by atoms with Gasteiger partial charge in [-0.2, -0.15) is 5.26 Å². The van der Waals surface area contributed by atoms with Gasteiger partial charge in [-0.3, -0.25) is 10.1 Å². The molecule has 0 saturated heterocycles. The maximum atomic E-state index is 10.9. The number of hydrogen-bond acceptors (Lipinski definition) is 3. The average Bonchev–Trinajstić information content (AvgIpc) is 1.84. The molecule has 1 aliphatic carbocycles. The lowest BCUT2D eigenvalue weighted by Gasteiger charge is -2.29. The third-order valence-electron chi connectivity index (χ3n) is 2.14. The molecule has 11 heavy (non-hydrogen) atoms. The van der Waals surface area contributed by atoms with E-state index in [-0.39, 0.29) is 5.91 Å². The summed E-state index contributed by atoms with van der Waals surface area (Å²) in [5.41, 5.74) is 5.55. The molecule has 3 N–H and O–H groups in total. The first-order chi connectivity index (χ1) is 5.25. The third-order valence-corrected chi connectivity index (χ3v) is 2.14. The highest BCUT2D eigenvalue weighted by Crippen LogP contribution is 2.28. The highest BCUT2D eigenvalue weighted by Gasteiger charge is 2.29. The summed E-state index contributed by atoms with van der Waals surface area (Å²) in [6, 6.07) is -0.483. The summed E-state index contributed by atoms with van der Waals surface area (Å²) in [6.07, 6.45) is 4.75. The first-order valence-corrected chi connectivity index (χ1v) is 3.70. The summed E-state index contributed by atoms with van der Waals surface area (Å²) in [5.74, 6) is -0.0550. The van der Waals surface area contributed by atoms with Gasteiger partial charge in [0.1, 0.15) is 0 Å². The molecule has 1 amide bonds. The summed E-state index contributed by atoms with van der Waals surface area (Å²) >= 11 is 0. The smallest absolute Gasteiger partial charge is 0.250 e. The van der Waals surface area contributed by atoms with Crippen molar-refractivity contribution >= 4 is 5.91 Å². The van der Waals surface area contributed by atoms with Crippen molar-refractivity contribution in [2.24, 2.45) is 11.7 Å². The molecule has 0 bridgehead atoms. The van der Waals surface area contributed by atoms with Crippen LogP contribution in [0.1, 0.15) is 19.3 Å². The Morgan fingerprint density at radius 2 is 2.36 bits per heavy atom. The summed E-state index contributed by atoms with van der Waals surface area (Å²) in [4.78, 5) is 10.9. The van der Waals surface area contributed by atoms with E-state index in [1.165, 1.54) is 0 Å². The van der Waals surface area contributed by atoms with Crippen molar-refractivity contribution in [2.75, 3.05) is 0 Å². The zero-order chi connectivity index (χ0) is 8.27. The summed E-state index contributed by atoms with van der Waals surface area (Å²) in [7, 11) is 0. The van der Waals surface area contributed by atoms with E-state index >= 15 is 0 Å². The molecule has 1 fully saturated rings. The van der Waals surface area contributed by atoms with Crippen molar-refractivity contribution in [3.8, 4) is 6.19 Å². The van der Waals surface area contributed by atoms with Crippen LogP contribution in [-0.2, 0) is 4.79 Å². The van der Waals surface area contributed by atoms with Gasteiger partial charge in [-0.1, -0.05) is 6.42 Å². The van der Waals surface area contributed by atoms with E-state index in [0.29, 0.717) is 5.92 Å². The van der Waals surface area contributed by atoms with Crippen molar-refractivity contribution in [3.63, 3.8) is 0 Å². The van der Waals surface area contributed by atoms with Crippen molar-refractivity contribution in [2.45, 2.75) is 25.3 Å². The van der Waals surface area contributed by atoms with Crippen LogP contribution < -0.4 is 11.1 Å². The predicted octanol–water partition coefficient (Wildman–Crippen LogP) is -0.289. The van der Waals surface area contributed by atoms with Gasteiger partial charge in [0, 0.05) is 0 Å². The van der Waals surface area contributed by atoms with Crippen molar-refractivity contribution in [1.29, 1.82) is 5.26 Å². The largest absolute Gasteiger partial charge is 0.320 e. The molecule has 0 radical (unpaired) electrons. The predicted molar refractivity (Wildman–Crippen MR) is 39.1 cm³/mol. The molecule has 1 unspecified atom stereocenters. The molecule has 1 atom stereocenters. The quantitative estimate of drug-likeness (QED) is 0.422. The van der Waals surface area contributed by atoms with Gasteiger partial charge in [0.05, 0.1) is 6.04 Å². The summed E-state index contributed by atoms with van der Waals surface area (Å²) < 4.78 is 0. The highest BCUT2D eigenvalue weighted by atomic mass is 16.2. The van der Waals surface area contributed by atoms with Crippen LogP contribution in [-0.4, -0.2) is 11.9 Å². The number of nitriles is 1. The minimum atomic E-state index is -0.483. The Bertz CT molecular complexity index is 192. The number of nitrogens with two attached hydrogens (primary N) is 1. The van der Waals surface area contributed by atoms with Gasteiger partial charge in [-0.15, -0.1) is 0 Å². The maximum Gasteiger partial charge on any atom is 0.250 e. The van der Waals surface area contributed by atoms with Gasteiger partial charge in [0.25, 0.3) is 0 Å². The highest BCUT2D eigenvalue weighted by molar-refractivity contribution is 5.83. The molecule has 1 saturated carbocycles. The molecule has 0 spiro atoms. The molecule has 0 aromatic heterocycles. The van der Waals surface area contributed by atoms with Crippen LogP contribution in [0, 0.1) is 17.4 Å². The number of carbonyl (C=O) groups excluding carboxylic acids is 1. The number of rotatable bonds is 2. The van der Waals surface area contributed by atoms with E-state index in [2.05, 4.69) is 0 Å². The molecule has 0 aliphatic heterocycles. The zero-order valence-corrected chi connectivity index (χ0v) is 6.21. The average molecular weight is 153 g/mol. The second-order valence-corrected chi connectivity index (χ2v) is 2.82. The minimum absolute atomic E-state index is 0.295. The van der Waals surface area contributed by atoms with E-state index < -0.39 is 6.04 Å². The van der Waals surface area contributed by atoms with Crippen molar-refractivity contribution < 1.29 is 4.79 Å². The fourth-order valence-corrected chi connectivity index (χ4v) is 1.15. The van der Waals surface area contributed by atoms with Crippen molar-refractivity contribution in [3.05, 3.63) is 0 Å². The number of carbonyl (C=O) groups is 1. The van der Waals surface area contributed by atoms with Gasteiger partial charge in [-0.05, 0) is 18.8 Å². The van der Waals surface area contributed by atoms with Gasteiger partial charge >= 0.3 is 0 Å². The fraction of sp³-hybridized carbons (Fsp3) is 0.714. The van der Waals surface area contributed by atoms with Crippen LogP contribution in [0.4, 0.5) is 0 Å². The van der Waals surface area contributed by atoms with Crippen LogP contribution in [0.25, 0.3) is 0 Å². The Balaban J connectivity index is 2.34. The first-order valence-electron chi connectivity index (χ1n) is 3.70.